The summed E-state index contributed by atoms with van der Waals surface area (Å²) in [4.78, 5) is 4.19. The summed E-state index contributed by atoms with van der Waals surface area (Å²) in [5.41, 5.74) is 0.995. The number of methoxy groups -OCH3 is 1. The van der Waals surface area contributed by atoms with E-state index in [0.717, 1.165) is 37.6 Å². The van der Waals surface area contributed by atoms with Crippen molar-refractivity contribution in [3.63, 3.8) is 0 Å². The molecule has 0 aliphatic rings. The smallest absolute Gasteiger partial charge is 0.191 e. The van der Waals surface area contributed by atoms with Crippen molar-refractivity contribution in [1.29, 1.82) is 0 Å². The van der Waals surface area contributed by atoms with Gasteiger partial charge in [-0.2, -0.15) is 0 Å². The fourth-order valence-corrected chi connectivity index (χ4v) is 2.35. The second kappa shape index (κ2) is 14.0. The normalized spacial score (nSPS) is 11.3. The predicted octanol–water partition coefficient (Wildman–Crippen LogP) is 3.06. The van der Waals surface area contributed by atoms with E-state index < -0.39 is 0 Å². The molecule has 140 valence electrons. The number of guanidine groups is 1. The summed E-state index contributed by atoms with van der Waals surface area (Å²) in [6.07, 6.45) is 2.01. The minimum absolute atomic E-state index is 0. The number of nitrogens with zero attached hydrogens (tertiary/aromatic N) is 2. The van der Waals surface area contributed by atoms with E-state index in [-0.39, 0.29) is 24.0 Å². The molecule has 0 radical (unpaired) electrons. The second-order valence-corrected chi connectivity index (χ2v) is 5.76. The zero-order valence-electron chi connectivity index (χ0n) is 14.4. The van der Waals surface area contributed by atoms with Gasteiger partial charge in [-0.05, 0) is 18.9 Å². The summed E-state index contributed by atoms with van der Waals surface area (Å²) in [5.74, 6) is 0.749. The van der Waals surface area contributed by atoms with Gasteiger partial charge in [0.2, 0.25) is 0 Å². The second-order valence-electron chi connectivity index (χ2n) is 5.00. The molecule has 1 heterocycles. The summed E-state index contributed by atoms with van der Waals surface area (Å²) in [5, 5.41) is 7.60. The maximum Gasteiger partial charge on any atom is 0.191 e. The van der Waals surface area contributed by atoms with Crippen molar-refractivity contribution in [2.45, 2.75) is 19.4 Å². The van der Waals surface area contributed by atoms with E-state index in [2.05, 4.69) is 15.6 Å². The Hall–Kier alpha value is -0.220. The highest BCUT2D eigenvalue weighted by atomic mass is 127. The first-order chi connectivity index (χ1) is 11.1. The van der Waals surface area contributed by atoms with Gasteiger partial charge in [-0.25, -0.2) is 0 Å². The van der Waals surface area contributed by atoms with Crippen LogP contribution in [0.5, 0.6) is 0 Å². The lowest BCUT2D eigenvalue weighted by molar-refractivity contribution is 0.0689. The highest BCUT2D eigenvalue weighted by Crippen LogP contribution is 2.24. The van der Waals surface area contributed by atoms with E-state index in [1.165, 1.54) is 0 Å². The van der Waals surface area contributed by atoms with Crippen LogP contribution in [0.2, 0.25) is 10.2 Å². The molecule has 0 aliphatic carbocycles. The van der Waals surface area contributed by atoms with Crippen molar-refractivity contribution in [1.82, 2.24) is 15.2 Å². The molecule has 0 aromatic carbocycles. The van der Waals surface area contributed by atoms with Gasteiger partial charge in [0.25, 0.3) is 0 Å². The van der Waals surface area contributed by atoms with Gasteiger partial charge in [0, 0.05) is 40.1 Å². The van der Waals surface area contributed by atoms with Crippen LogP contribution in [0.1, 0.15) is 18.5 Å². The number of unbranched alkanes of at least 4 members (excludes halogenated alkanes) is 1. The summed E-state index contributed by atoms with van der Waals surface area (Å²) < 4.78 is 12.2. The minimum atomic E-state index is 0. The third-order valence-electron chi connectivity index (χ3n) is 3.32. The van der Waals surface area contributed by atoms with Crippen LogP contribution in [-0.2, 0) is 23.1 Å². The summed E-state index contributed by atoms with van der Waals surface area (Å²) in [7, 11) is 5.29. The van der Waals surface area contributed by atoms with Crippen LogP contribution in [0.3, 0.4) is 0 Å². The zero-order chi connectivity index (χ0) is 17.1. The number of nitrogens with one attached hydrogen (secondary N) is 2. The third-order valence-corrected chi connectivity index (χ3v) is 4.16. The van der Waals surface area contributed by atoms with Crippen molar-refractivity contribution >= 4 is 53.1 Å². The van der Waals surface area contributed by atoms with Gasteiger partial charge in [0.05, 0.1) is 24.8 Å². The van der Waals surface area contributed by atoms with E-state index in [1.54, 1.807) is 14.2 Å². The summed E-state index contributed by atoms with van der Waals surface area (Å²) in [6, 6.07) is 1.85. The largest absolute Gasteiger partial charge is 0.382 e. The average molecular weight is 493 g/mol. The van der Waals surface area contributed by atoms with E-state index in [1.807, 2.05) is 17.7 Å². The van der Waals surface area contributed by atoms with Crippen molar-refractivity contribution in [3.8, 4) is 0 Å². The van der Waals surface area contributed by atoms with Gasteiger partial charge in [0.15, 0.2) is 5.96 Å². The molecular weight excluding hydrogens is 466 g/mol. The van der Waals surface area contributed by atoms with Crippen molar-refractivity contribution in [2.75, 3.05) is 40.5 Å². The molecule has 0 bridgehead atoms. The Morgan fingerprint density at radius 2 is 1.96 bits per heavy atom. The fourth-order valence-electron chi connectivity index (χ4n) is 1.93. The standard InChI is InChI=1S/C15H26Cl2N4O2.HI/c1-18-15(19-6-4-5-7-23-9-8-22-3)20-11-12-10-13(16)14(17)21(12)2;/h10H,4-9,11H2,1-3H3,(H2,18,19,20);1H. The van der Waals surface area contributed by atoms with Gasteiger partial charge in [-0.1, -0.05) is 23.2 Å². The highest BCUT2D eigenvalue weighted by Gasteiger charge is 2.09. The first-order valence-electron chi connectivity index (χ1n) is 7.61. The Morgan fingerprint density at radius 3 is 2.54 bits per heavy atom. The van der Waals surface area contributed by atoms with Gasteiger partial charge in [0.1, 0.15) is 5.15 Å². The molecule has 0 saturated carbocycles. The molecule has 2 N–H and O–H groups in total. The topological polar surface area (TPSA) is 59.8 Å². The number of halogens is 3. The van der Waals surface area contributed by atoms with Crippen LogP contribution in [0.15, 0.2) is 11.1 Å². The van der Waals surface area contributed by atoms with Crippen LogP contribution in [0.4, 0.5) is 0 Å². The Kier molecular flexibility index (Phi) is 13.9. The van der Waals surface area contributed by atoms with Crippen molar-refractivity contribution in [3.05, 3.63) is 21.9 Å². The van der Waals surface area contributed by atoms with E-state index in [4.69, 9.17) is 32.7 Å². The molecule has 0 amide bonds. The summed E-state index contributed by atoms with van der Waals surface area (Å²) in [6.45, 7) is 3.47. The molecule has 0 atom stereocenters. The third kappa shape index (κ3) is 8.75. The number of hydrogen-bond donors (Lipinski definition) is 2. The van der Waals surface area contributed by atoms with Crippen LogP contribution >= 0.6 is 47.2 Å². The lowest BCUT2D eigenvalue weighted by atomic mass is 10.3. The van der Waals surface area contributed by atoms with Crippen LogP contribution in [0.25, 0.3) is 0 Å². The monoisotopic (exact) mass is 492 g/mol. The van der Waals surface area contributed by atoms with Crippen LogP contribution in [-0.4, -0.2) is 51.0 Å². The van der Waals surface area contributed by atoms with E-state index in [0.29, 0.717) is 29.9 Å². The number of ether oxygens (including phenoxy) is 2. The Labute approximate surface area is 171 Å². The van der Waals surface area contributed by atoms with Crippen LogP contribution < -0.4 is 10.6 Å². The Morgan fingerprint density at radius 1 is 1.21 bits per heavy atom. The van der Waals surface area contributed by atoms with Crippen molar-refractivity contribution < 1.29 is 9.47 Å². The number of hydrogen-bond acceptors (Lipinski definition) is 3. The summed E-state index contributed by atoms with van der Waals surface area (Å²) >= 11 is 12.1. The molecule has 0 saturated heterocycles. The molecule has 0 fully saturated rings. The first kappa shape index (κ1) is 23.8. The minimum Gasteiger partial charge on any atom is -0.382 e. The molecular formula is C15H27Cl2IN4O2. The molecule has 9 heteroatoms. The Bertz CT molecular complexity index is 498. The van der Waals surface area contributed by atoms with E-state index >= 15 is 0 Å². The first-order valence-corrected chi connectivity index (χ1v) is 8.36. The molecule has 0 aliphatic heterocycles. The highest BCUT2D eigenvalue weighted by molar-refractivity contribution is 14.0. The fraction of sp³-hybridized carbons (Fsp3) is 0.667. The molecule has 0 spiro atoms. The Balaban J connectivity index is 0.00000529. The van der Waals surface area contributed by atoms with Gasteiger partial charge >= 0.3 is 0 Å². The lowest BCUT2D eigenvalue weighted by Gasteiger charge is -2.12. The number of rotatable bonds is 10. The van der Waals surface area contributed by atoms with Crippen LogP contribution in [0, 0.1) is 0 Å². The predicted molar refractivity (Wildman–Crippen MR) is 111 cm³/mol. The molecule has 1 rings (SSSR count). The average Bonchev–Trinajstić information content (AvgIpc) is 2.80. The molecule has 24 heavy (non-hydrogen) atoms. The van der Waals surface area contributed by atoms with Gasteiger partial charge < -0.3 is 24.7 Å². The maximum absolute atomic E-state index is 6.05. The lowest BCUT2D eigenvalue weighted by Crippen LogP contribution is -2.37. The quantitative estimate of drug-likeness (QED) is 0.228. The number of aromatic nitrogens is 1. The molecule has 1 aromatic rings. The zero-order valence-corrected chi connectivity index (χ0v) is 18.2. The van der Waals surface area contributed by atoms with Gasteiger partial charge in [-0.3, -0.25) is 4.99 Å². The molecule has 1 aromatic heterocycles. The van der Waals surface area contributed by atoms with E-state index in [9.17, 15) is 0 Å². The van der Waals surface area contributed by atoms with Crippen molar-refractivity contribution in [2.24, 2.45) is 12.0 Å². The molecule has 6 nitrogen and oxygen atoms in total. The SMILES string of the molecule is CN=C(NCCCCOCCOC)NCc1cc(Cl)c(Cl)n1C.I. The molecule has 0 unspecified atom stereocenters. The number of aliphatic imine (C=N–C) groups is 1. The van der Waals surface area contributed by atoms with Gasteiger partial charge in [-0.15, -0.1) is 24.0 Å². The maximum atomic E-state index is 6.05.